The Morgan fingerprint density at radius 3 is 2.42 bits per heavy atom. The third-order valence-corrected chi connectivity index (χ3v) is 7.03. The quantitative estimate of drug-likeness (QED) is 0.448. The van der Waals surface area contributed by atoms with Crippen LogP contribution in [0.2, 0.25) is 0 Å². The van der Waals surface area contributed by atoms with Crippen molar-refractivity contribution in [1.29, 1.82) is 0 Å². The maximum atomic E-state index is 13.5. The number of nitrogens with zero attached hydrogens (tertiary/aromatic N) is 6. The number of aryl methyl sites for hydroxylation is 1. The Kier molecular flexibility index (Phi) is 6.73. The van der Waals surface area contributed by atoms with Crippen LogP contribution in [0.4, 0.5) is 0 Å². The van der Waals surface area contributed by atoms with Crippen molar-refractivity contribution in [2.75, 3.05) is 26.2 Å². The summed E-state index contributed by atoms with van der Waals surface area (Å²) < 4.78 is 1.86. The van der Waals surface area contributed by atoms with Crippen molar-refractivity contribution in [3.05, 3.63) is 87.5 Å². The molecule has 36 heavy (non-hydrogen) atoms. The van der Waals surface area contributed by atoms with Crippen molar-refractivity contribution in [3.63, 3.8) is 0 Å². The molecule has 1 fully saturated rings. The number of H-pyrrole nitrogens is 1. The molecule has 188 valence electrons. The number of fused-ring (bicyclic) bond motifs is 1. The molecule has 2 aromatic heterocycles. The molecule has 0 unspecified atom stereocenters. The lowest BCUT2D eigenvalue weighted by atomic mass is 10.00. The van der Waals surface area contributed by atoms with Crippen molar-refractivity contribution in [2.45, 2.75) is 52.2 Å². The van der Waals surface area contributed by atoms with Crippen molar-refractivity contribution in [3.8, 4) is 0 Å². The monoisotopic (exact) mass is 485 g/mol. The molecule has 1 aliphatic heterocycles. The van der Waals surface area contributed by atoms with E-state index in [0.717, 1.165) is 50.0 Å². The van der Waals surface area contributed by atoms with Crippen LogP contribution in [0.15, 0.2) is 59.4 Å². The number of hydrogen-bond donors (Lipinski definition) is 1. The first kappa shape index (κ1) is 24.3. The van der Waals surface area contributed by atoms with Crippen LogP contribution >= 0.6 is 0 Å². The first-order valence-electron chi connectivity index (χ1n) is 12.8. The SMILES string of the molecule is CCc1ccc2[nH]c(=O)c([C@H](c3nnnn3C(C)(C)C)N3CCN(Cc4ccccc4)CC3)cc2c1. The number of benzene rings is 2. The maximum absolute atomic E-state index is 13.5. The Morgan fingerprint density at radius 1 is 0.972 bits per heavy atom. The molecule has 0 bridgehead atoms. The molecule has 5 rings (SSSR count). The van der Waals surface area contributed by atoms with Crippen LogP contribution in [-0.4, -0.2) is 61.2 Å². The predicted molar refractivity (Wildman–Crippen MR) is 142 cm³/mol. The number of hydrogen-bond acceptors (Lipinski definition) is 6. The molecule has 0 aliphatic carbocycles. The van der Waals surface area contributed by atoms with Gasteiger partial charge in [-0.2, -0.15) is 0 Å². The molecule has 1 saturated heterocycles. The summed E-state index contributed by atoms with van der Waals surface area (Å²) in [4.78, 5) is 21.4. The molecule has 4 aromatic rings. The van der Waals surface area contributed by atoms with Gasteiger partial charge < -0.3 is 4.98 Å². The lowest BCUT2D eigenvalue weighted by Crippen LogP contribution is -2.49. The van der Waals surface area contributed by atoms with Gasteiger partial charge in [0.2, 0.25) is 0 Å². The largest absolute Gasteiger partial charge is 0.322 e. The topological polar surface area (TPSA) is 82.9 Å². The van der Waals surface area contributed by atoms with Gasteiger partial charge in [-0.3, -0.25) is 14.6 Å². The molecule has 0 amide bonds. The van der Waals surface area contributed by atoms with E-state index in [0.29, 0.717) is 11.4 Å². The van der Waals surface area contributed by atoms with E-state index < -0.39 is 0 Å². The second-order valence-corrected chi connectivity index (χ2v) is 10.6. The van der Waals surface area contributed by atoms with Gasteiger partial charge in [-0.25, -0.2) is 4.68 Å². The second-order valence-electron chi connectivity index (χ2n) is 10.6. The third kappa shape index (κ3) is 4.96. The van der Waals surface area contributed by atoms with Gasteiger partial charge in [0.15, 0.2) is 5.82 Å². The van der Waals surface area contributed by atoms with Crippen LogP contribution in [-0.2, 0) is 18.5 Å². The van der Waals surface area contributed by atoms with E-state index in [4.69, 9.17) is 0 Å². The molecule has 0 spiro atoms. The average molecular weight is 486 g/mol. The summed E-state index contributed by atoms with van der Waals surface area (Å²) in [6, 6.07) is 18.5. The molecule has 2 aromatic carbocycles. The minimum atomic E-state index is -0.337. The molecule has 3 heterocycles. The van der Waals surface area contributed by atoms with Gasteiger partial charge in [0.25, 0.3) is 5.56 Å². The summed E-state index contributed by atoms with van der Waals surface area (Å²) in [6.45, 7) is 12.8. The summed E-state index contributed by atoms with van der Waals surface area (Å²) in [5.41, 5.74) is 3.69. The number of aromatic amines is 1. The van der Waals surface area contributed by atoms with Gasteiger partial charge in [-0.15, -0.1) is 5.10 Å². The lowest BCUT2D eigenvalue weighted by Gasteiger charge is -2.39. The van der Waals surface area contributed by atoms with Crippen LogP contribution in [0.25, 0.3) is 10.9 Å². The maximum Gasteiger partial charge on any atom is 0.253 e. The van der Waals surface area contributed by atoms with Gasteiger partial charge in [0.05, 0.1) is 5.54 Å². The minimum absolute atomic E-state index is 0.0908. The Morgan fingerprint density at radius 2 is 1.72 bits per heavy atom. The fourth-order valence-corrected chi connectivity index (χ4v) is 5.06. The Bertz CT molecular complexity index is 1380. The lowest BCUT2D eigenvalue weighted by molar-refractivity contribution is 0.0975. The summed E-state index contributed by atoms with van der Waals surface area (Å²) in [5, 5.41) is 13.9. The molecule has 8 nitrogen and oxygen atoms in total. The normalized spacial score (nSPS) is 16.4. The molecular formula is C28H35N7O. The summed E-state index contributed by atoms with van der Waals surface area (Å²) in [6.07, 6.45) is 0.944. The van der Waals surface area contributed by atoms with Crippen LogP contribution in [0.5, 0.6) is 0 Å². The zero-order valence-electron chi connectivity index (χ0n) is 21.6. The first-order valence-corrected chi connectivity index (χ1v) is 12.8. The van der Waals surface area contributed by atoms with Gasteiger partial charge in [-0.1, -0.05) is 43.3 Å². The molecule has 1 atom stereocenters. The Balaban J connectivity index is 1.52. The van der Waals surface area contributed by atoms with Gasteiger partial charge in [0, 0.05) is 43.8 Å². The van der Waals surface area contributed by atoms with E-state index in [1.165, 1.54) is 11.1 Å². The van der Waals surface area contributed by atoms with E-state index in [2.05, 4.69) is 100 Å². The highest BCUT2D eigenvalue weighted by Crippen LogP contribution is 2.30. The Hall–Kier alpha value is -3.36. The zero-order chi connectivity index (χ0) is 25.3. The molecule has 0 radical (unpaired) electrons. The van der Waals surface area contributed by atoms with Crippen molar-refractivity contribution in [2.24, 2.45) is 0 Å². The van der Waals surface area contributed by atoms with E-state index in [9.17, 15) is 4.79 Å². The number of piperazine rings is 1. The summed E-state index contributed by atoms with van der Waals surface area (Å²) >= 11 is 0. The highest BCUT2D eigenvalue weighted by Gasteiger charge is 2.34. The van der Waals surface area contributed by atoms with Crippen LogP contribution < -0.4 is 5.56 Å². The van der Waals surface area contributed by atoms with E-state index in [1.807, 2.05) is 16.8 Å². The summed E-state index contributed by atoms with van der Waals surface area (Å²) in [7, 11) is 0. The van der Waals surface area contributed by atoms with Crippen molar-refractivity contribution < 1.29 is 0 Å². The van der Waals surface area contributed by atoms with Crippen LogP contribution in [0.1, 0.15) is 56.3 Å². The van der Waals surface area contributed by atoms with Crippen LogP contribution in [0.3, 0.4) is 0 Å². The fourth-order valence-electron chi connectivity index (χ4n) is 5.06. The summed E-state index contributed by atoms with van der Waals surface area (Å²) in [5.74, 6) is 0.704. The van der Waals surface area contributed by atoms with Gasteiger partial charge in [0.1, 0.15) is 6.04 Å². The average Bonchev–Trinajstić information content (AvgIpc) is 3.36. The molecule has 1 N–H and O–H groups in total. The fraction of sp³-hybridized carbons (Fsp3) is 0.429. The minimum Gasteiger partial charge on any atom is -0.322 e. The smallest absolute Gasteiger partial charge is 0.253 e. The molecule has 1 aliphatic rings. The number of nitrogens with one attached hydrogen (secondary N) is 1. The molecular weight excluding hydrogens is 450 g/mol. The second kappa shape index (κ2) is 9.95. The number of aromatic nitrogens is 5. The molecule has 8 heteroatoms. The first-order chi connectivity index (χ1) is 17.3. The third-order valence-electron chi connectivity index (χ3n) is 7.03. The van der Waals surface area contributed by atoms with Gasteiger partial charge in [-0.05, 0) is 72.3 Å². The van der Waals surface area contributed by atoms with E-state index in [-0.39, 0.29) is 17.1 Å². The zero-order valence-corrected chi connectivity index (χ0v) is 21.6. The number of tetrazole rings is 1. The van der Waals surface area contributed by atoms with Crippen LogP contribution in [0, 0.1) is 0 Å². The van der Waals surface area contributed by atoms with E-state index in [1.54, 1.807) is 0 Å². The van der Waals surface area contributed by atoms with Crippen molar-refractivity contribution in [1.82, 2.24) is 35.0 Å². The highest BCUT2D eigenvalue weighted by atomic mass is 16.1. The number of pyridine rings is 1. The van der Waals surface area contributed by atoms with Gasteiger partial charge >= 0.3 is 0 Å². The van der Waals surface area contributed by atoms with Crippen molar-refractivity contribution >= 4 is 10.9 Å². The number of rotatable bonds is 6. The standard InChI is InChI=1S/C28H35N7O/c1-5-20-11-12-24-22(17-20)18-23(27(36)29-24)25(26-30-31-32-35(26)28(2,3)4)34-15-13-33(14-16-34)19-21-9-7-6-8-10-21/h6-12,17-18,25H,5,13-16,19H2,1-4H3,(H,29,36)/t25-/m1/s1. The molecule has 0 saturated carbocycles. The van der Waals surface area contributed by atoms with E-state index >= 15 is 0 Å². The highest BCUT2D eigenvalue weighted by molar-refractivity contribution is 5.80. The predicted octanol–water partition coefficient (Wildman–Crippen LogP) is 3.74. The Labute approximate surface area is 211 Å².